The summed E-state index contributed by atoms with van der Waals surface area (Å²) in [5, 5.41) is 0. The molecular weight excluding hydrogens is 146 g/mol. The van der Waals surface area contributed by atoms with Gasteiger partial charge in [-0.2, -0.15) is 0 Å². The lowest BCUT2D eigenvalue weighted by molar-refractivity contribution is 0.0461. The van der Waals surface area contributed by atoms with Crippen molar-refractivity contribution < 1.29 is 4.84 Å². The quantitative estimate of drug-likeness (QED) is 0.674. The minimum atomic E-state index is 0.662. The number of rotatable bonds is 3. The Bertz CT molecular complexity index is 197. The molecule has 0 radical (unpaired) electrons. The van der Waals surface area contributed by atoms with E-state index in [1.807, 2.05) is 0 Å². The highest BCUT2D eigenvalue weighted by molar-refractivity contribution is 7.11. The molecule has 0 atom stereocenters. The summed E-state index contributed by atoms with van der Waals surface area (Å²) in [7, 11) is 1.76. The van der Waals surface area contributed by atoms with Crippen LogP contribution in [0.5, 0.6) is 0 Å². The fourth-order valence-electron chi connectivity index (χ4n) is 0.706. The zero-order valence-corrected chi connectivity index (χ0v) is 6.99. The largest absolute Gasteiger partial charge is 0.296 e. The zero-order chi connectivity index (χ0) is 7.40. The van der Waals surface area contributed by atoms with Crippen LogP contribution in [0.1, 0.15) is 9.75 Å². The first kappa shape index (κ1) is 7.72. The summed E-state index contributed by atoms with van der Waals surface area (Å²) in [5.74, 6) is 0. The van der Waals surface area contributed by atoms with Crippen LogP contribution in [0.2, 0.25) is 0 Å². The third kappa shape index (κ3) is 2.10. The van der Waals surface area contributed by atoms with E-state index in [1.165, 1.54) is 9.75 Å². The van der Waals surface area contributed by atoms with Gasteiger partial charge in [-0.1, -0.05) is 0 Å². The van der Waals surface area contributed by atoms with Crippen LogP contribution in [0.25, 0.3) is 0 Å². The van der Waals surface area contributed by atoms with E-state index in [-0.39, 0.29) is 0 Å². The van der Waals surface area contributed by atoms with Crippen LogP contribution in [-0.2, 0) is 11.4 Å². The maximum atomic E-state index is 4.99. The van der Waals surface area contributed by atoms with E-state index in [0.29, 0.717) is 6.61 Å². The van der Waals surface area contributed by atoms with E-state index in [0.717, 1.165) is 0 Å². The van der Waals surface area contributed by atoms with E-state index in [2.05, 4.69) is 24.5 Å². The molecule has 1 aromatic heterocycles. The lowest BCUT2D eigenvalue weighted by Crippen LogP contribution is -2.05. The molecule has 0 fully saturated rings. The first-order chi connectivity index (χ1) is 4.83. The van der Waals surface area contributed by atoms with Crippen LogP contribution in [0.15, 0.2) is 12.1 Å². The molecule has 0 spiro atoms. The number of aryl methyl sites for hydroxylation is 1. The lowest BCUT2D eigenvalue weighted by Gasteiger charge is -1.95. The summed E-state index contributed by atoms with van der Waals surface area (Å²) in [5.41, 5.74) is 2.63. The minimum Gasteiger partial charge on any atom is -0.296 e. The Morgan fingerprint density at radius 3 is 2.90 bits per heavy atom. The molecule has 0 aliphatic carbocycles. The normalized spacial score (nSPS) is 10.2. The molecule has 0 saturated carbocycles. The van der Waals surface area contributed by atoms with Gasteiger partial charge in [0, 0.05) is 16.8 Å². The van der Waals surface area contributed by atoms with Gasteiger partial charge in [0.15, 0.2) is 0 Å². The van der Waals surface area contributed by atoms with E-state index in [1.54, 1.807) is 18.4 Å². The lowest BCUT2D eigenvalue weighted by atomic mass is 10.4. The maximum absolute atomic E-state index is 4.99. The Morgan fingerprint density at radius 2 is 2.40 bits per heavy atom. The van der Waals surface area contributed by atoms with Gasteiger partial charge in [0.05, 0.1) is 0 Å². The van der Waals surface area contributed by atoms with Gasteiger partial charge in [0.25, 0.3) is 0 Å². The Morgan fingerprint density at radius 1 is 1.60 bits per heavy atom. The zero-order valence-electron chi connectivity index (χ0n) is 6.18. The van der Waals surface area contributed by atoms with Crippen molar-refractivity contribution in [3.63, 3.8) is 0 Å². The minimum absolute atomic E-state index is 0.662. The molecule has 0 bridgehead atoms. The number of hydrogen-bond acceptors (Lipinski definition) is 3. The van der Waals surface area contributed by atoms with Gasteiger partial charge in [-0.05, 0) is 19.1 Å². The highest BCUT2D eigenvalue weighted by Gasteiger charge is 1.94. The predicted molar refractivity (Wildman–Crippen MR) is 42.9 cm³/mol. The van der Waals surface area contributed by atoms with Crippen molar-refractivity contribution in [2.75, 3.05) is 7.05 Å². The third-order valence-corrected chi connectivity index (χ3v) is 2.13. The molecule has 0 aliphatic heterocycles. The molecule has 1 heterocycles. The van der Waals surface area contributed by atoms with Crippen LogP contribution in [0.4, 0.5) is 0 Å². The molecule has 2 nitrogen and oxygen atoms in total. The fraction of sp³-hybridized carbons (Fsp3) is 0.429. The second-order valence-electron chi connectivity index (χ2n) is 2.01. The molecule has 10 heavy (non-hydrogen) atoms. The molecule has 0 amide bonds. The summed E-state index contributed by atoms with van der Waals surface area (Å²) in [6.07, 6.45) is 0. The van der Waals surface area contributed by atoms with Gasteiger partial charge in [0.2, 0.25) is 0 Å². The molecular formula is C7H11NOS. The van der Waals surface area contributed by atoms with Gasteiger partial charge in [-0.25, -0.2) is 5.48 Å². The Kier molecular flexibility index (Phi) is 2.86. The van der Waals surface area contributed by atoms with Crippen LogP contribution in [0.3, 0.4) is 0 Å². The summed E-state index contributed by atoms with van der Waals surface area (Å²) in [6.45, 7) is 2.75. The van der Waals surface area contributed by atoms with Crippen molar-refractivity contribution in [3.8, 4) is 0 Å². The predicted octanol–water partition coefficient (Wildman–Crippen LogP) is 1.71. The number of hydroxylamine groups is 1. The molecule has 0 aromatic carbocycles. The van der Waals surface area contributed by atoms with Crippen molar-refractivity contribution in [1.29, 1.82) is 0 Å². The van der Waals surface area contributed by atoms with Crippen LogP contribution >= 0.6 is 11.3 Å². The molecule has 3 heteroatoms. The molecule has 0 unspecified atom stereocenters. The average molecular weight is 157 g/mol. The SMILES string of the molecule is CNOCc1ccc(C)s1. The summed E-state index contributed by atoms with van der Waals surface area (Å²) >= 11 is 1.76. The van der Waals surface area contributed by atoms with Gasteiger partial charge < -0.3 is 0 Å². The first-order valence-corrected chi connectivity index (χ1v) is 3.98. The second kappa shape index (κ2) is 3.71. The van der Waals surface area contributed by atoms with Gasteiger partial charge in [0.1, 0.15) is 6.61 Å². The van der Waals surface area contributed by atoms with Crippen LogP contribution in [0, 0.1) is 6.92 Å². The highest BCUT2D eigenvalue weighted by atomic mass is 32.1. The second-order valence-corrected chi connectivity index (χ2v) is 3.38. The van der Waals surface area contributed by atoms with Crippen molar-refractivity contribution in [2.24, 2.45) is 0 Å². The standard InChI is InChI=1S/C7H11NOS/c1-6-3-4-7(10-6)5-9-8-2/h3-4,8H,5H2,1-2H3. The summed E-state index contributed by atoms with van der Waals surface area (Å²) in [6, 6.07) is 4.18. The topological polar surface area (TPSA) is 21.3 Å². The van der Waals surface area contributed by atoms with Crippen molar-refractivity contribution in [2.45, 2.75) is 13.5 Å². The van der Waals surface area contributed by atoms with Crippen molar-refractivity contribution in [3.05, 3.63) is 21.9 Å². The molecule has 1 N–H and O–H groups in total. The Hall–Kier alpha value is -0.380. The van der Waals surface area contributed by atoms with Gasteiger partial charge in [-0.3, -0.25) is 4.84 Å². The number of hydrogen-bond donors (Lipinski definition) is 1. The summed E-state index contributed by atoms with van der Waals surface area (Å²) in [4.78, 5) is 7.58. The van der Waals surface area contributed by atoms with E-state index in [4.69, 9.17) is 4.84 Å². The van der Waals surface area contributed by atoms with Crippen LogP contribution < -0.4 is 5.48 Å². The monoisotopic (exact) mass is 157 g/mol. The Balaban J connectivity index is 2.42. The third-order valence-electron chi connectivity index (χ3n) is 1.15. The summed E-state index contributed by atoms with van der Waals surface area (Å²) < 4.78 is 0. The van der Waals surface area contributed by atoms with E-state index < -0.39 is 0 Å². The van der Waals surface area contributed by atoms with Gasteiger partial charge >= 0.3 is 0 Å². The molecule has 0 aliphatic rings. The fourth-order valence-corrected chi connectivity index (χ4v) is 1.51. The van der Waals surface area contributed by atoms with Gasteiger partial charge in [-0.15, -0.1) is 11.3 Å². The van der Waals surface area contributed by atoms with Crippen molar-refractivity contribution in [1.82, 2.24) is 5.48 Å². The molecule has 56 valence electrons. The van der Waals surface area contributed by atoms with E-state index >= 15 is 0 Å². The van der Waals surface area contributed by atoms with Crippen LogP contribution in [-0.4, -0.2) is 7.05 Å². The molecule has 1 rings (SSSR count). The maximum Gasteiger partial charge on any atom is 0.102 e. The highest BCUT2D eigenvalue weighted by Crippen LogP contribution is 2.14. The van der Waals surface area contributed by atoms with Crippen molar-refractivity contribution >= 4 is 11.3 Å². The first-order valence-electron chi connectivity index (χ1n) is 3.17. The molecule has 0 saturated heterocycles. The number of nitrogens with one attached hydrogen (secondary N) is 1. The number of thiophene rings is 1. The average Bonchev–Trinajstić information content (AvgIpc) is 2.31. The smallest absolute Gasteiger partial charge is 0.102 e. The van der Waals surface area contributed by atoms with E-state index in [9.17, 15) is 0 Å². The Labute approximate surface area is 64.8 Å². The molecule has 1 aromatic rings.